The molecule has 0 aromatic heterocycles. The van der Waals surface area contributed by atoms with Gasteiger partial charge in [-0.3, -0.25) is 0 Å². The van der Waals surface area contributed by atoms with Gasteiger partial charge < -0.3 is 10.6 Å². The second kappa shape index (κ2) is 4.90. The first-order valence-corrected chi connectivity index (χ1v) is 5.28. The van der Waals surface area contributed by atoms with E-state index in [1.165, 1.54) is 4.90 Å². The molecule has 1 aromatic rings. The topological polar surface area (TPSA) is 29.3 Å². The molecule has 1 aromatic carbocycles. The Labute approximate surface area is 96.2 Å². The van der Waals surface area contributed by atoms with Gasteiger partial charge in [0.05, 0.1) is 13.1 Å². The van der Waals surface area contributed by atoms with Gasteiger partial charge in [-0.2, -0.15) is 0 Å². The fraction of sp³-hybridized carbons (Fsp3) is 0.400. The number of alkyl halides is 2. The first-order valence-electron chi connectivity index (χ1n) is 4.49. The highest BCUT2D eigenvalue weighted by Gasteiger charge is 2.28. The van der Waals surface area contributed by atoms with Crippen molar-refractivity contribution >= 4 is 21.6 Å². The van der Waals surface area contributed by atoms with E-state index < -0.39 is 12.5 Å². The Balaban J connectivity index is 2.69. The van der Waals surface area contributed by atoms with Crippen LogP contribution in [0.25, 0.3) is 0 Å². The number of hydrogen-bond donors (Lipinski definition) is 1. The molecule has 15 heavy (non-hydrogen) atoms. The van der Waals surface area contributed by atoms with Crippen molar-refractivity contribution in [1.82, 2.24) is 0 Å². The van der Waals surface area contributed by atoms with Gasteiger partial charge in [0, 0.05) is 17.2 Å². The number of nitrogens with two attached hydrogens (primary N) is 1. The first-order chi connectivity index (χ1) is 6.94. The van der Waals surface area contributed by atoms with Crippen molar-refractivity contribution in [2.75, 3.05) is 25.0 Å². The van der Waals surface area contributed by atoms with Gasteiger partial charge in [0.15, 0.2) is 0 Å². The van der Waals surface area contributed by atoms with Crippen molar-refractivity contribution in [2.24, 2.45) is 5.73 Å². The molecule has 0 heterocycles. The zero-order valence-corrected chi connectivity index (χ0v) is 9.97. The van der Waals surface area contributed by atoms with Crippen molar-refractivity contribution in [3.8, 4) is 0 Å². The zero-order chi connectivity index (χ0) is 11.5. The Kier molecular flexibility index (Phi) is 4.04. The zero-order valence-electron chi connectivity index (χ0n) is 8.38. The summed E-state index contributed by atoms with van der Waals surface area (Å²) in [5.41, 5.74) is 5.71. The fourth-order valence-electron chi connectivity index (χ4n) is 1.20. The number of nitrogens with zero attached hydrogens (tertiary/aromatic N) is 1. The van der Waals surface area contributed by atoms with Crippen molar-refractivity contribution in [2.45, 2.75) is 5.92 Å². The van der Waals surface area contributed by atoms with Gasteiger partial charge in [-0.1, -0.05) is 15.9 Å². The molecule has 0 amide bonds. The number of benzene rings is 1. The number of anilines is 1. The standard InChI is InChI=1S/C10H13BrF2N2/c1-15(7-10(12,13)6-14)9-4-2-8(11)3-5-9/h2-5H,6-7,14H2,1H3. The van der Waals surface area contributed by atoms with E-state index in [2.05, 4.69) is 15.9 Å². The normalized spacial score (nSPS) is 11.5. The highest BCUT2D eigenvalue weighted by Crippen LogP contribution is 2.20. The van der Waals surface area contributed by atoms with E-state index in [-0.39, 0.29) is 6.54 Å². The third kappa shape index (κ3) is 3.76. The summed E-state index contributed by atoms with van der Waals surface area (Å²) in [6.45, 7) is -1.00. The summed E-state index contributed by atoms with van der Waals surface area (Å²) in [5.74, 6) is -2.85. The maximum Gasteiger partial charge on any atom is 0.277 e. The van der Waals surface area contributed by atoms with E-state index in [9.17, 15) is 8.78 Å². The lowest BCUT2D eigenvalue weighted by atomic mass is 10.2. The van der Waals surface area contributed by atoms with Crippen LogP contribution in [0.4, 0.5) is 14.5 Å². The van der Waals surface area contributed by atoms with Crippen LogP contribution in [0.3, 0.4) is 0 Å². The van der Waals surface area contributed by atoms with Gasteiger partial charge in [-0.25, -0.2) is 8.78 Å². The molecule has 0 atom stereocenters. The van der Waals surface area contributed by atoms with Crippen LogP contribution < -0.4 is 10.6 Å². The molecule has 0 aliphatic rings. The molecule has 2 N–H and O–H groups in total. The first kappa shape index (κ1) is 12.4. The third-order valence-corrected chi connectivity index (χ3v) is 2.56. The van der Waals surface area contributed by atoms with E-state index >= 15 is 0 Å². The molecule has 0 saturated carbocycles. The molecule has 0 saturated heterocycles. The Morgan fingerprint density at radius 2 is 1.87 bits per heavy atom. The summed E-state index contributed by atoms with van der Waals surface area (Å²) in [4.78, 5) is 1.49. The van der Waals surface area contributed by atoms with Gasteiger partial charge in [0.1, 0.15) is 0 Å². The predicted molar refractivity (Wildman–Crippen MR) is 61.4 cm³/mol. The lowest BCUT2D eigenvalue weighted by molar-refractivity contribution is 0.0199. The molecule has 1 rings (SSSR count). The minimum atomic E-state index is -2.85. The molecule has 0 unspecified atom stereocenters. The predicted octanol–water partition coefficient (Wildman–Crippen LogP) is 2.48. The van der Waals surface area contributed by atoms with E-state index in [0.29, 0.717) is 0 Å². The Morgan fingerprint density at radius 1 is 1.33 bits per heavy atom. The van der Waals surface area contributed by atoms with E-state index in [0.717, 1.165) is 10.2 Å². The average molecular weight is 279 g/mol. The quantitative estimate of drug-likeness (QED) is 0.917. The summed E-state index contributed by atoms with van der Waals surface area (Å²) in [6.07, 6.45) is 0. The van der Waals surface area contributed by atoms with E-state index in [4.69, 9.17) is 5.73 Å². The minimum Gasteiger partial charge on any atom is -0.369 e. The van der Waals surface area contributed by atoms with Crippen LogP contribution in [0.1, 0.15) is 0 Å². The van der Waals surface area contributed by atoms with Crippen molar-refractivity contribution in [1.29, 1.82) is 0 Å². The Bertz CT molecular complexity index is 314. The van der Waals surface area contributed by atoms with Crippen molar-refractivity contribution in [3.63, 3.8) is 0 Å². The molecular weight excluding hydrogens is 266 g/mol. The van der Waals surface area contributed by atoms with Crippen molar-refractivity contribution < 1.29 is 8.78 Å². The maximum atomic E-state index is 13.0. The third-order valence-electron chi connectivity index (χ3n) is 2.03. The lowest BCUT2D eigenvalue weighted by Gasteiger charge is -2.24. The van der Waals surface area contributed by atoms with Crippen LogP contribution in [0, 0.1) is 0 Å². The molecule has 2 nitrogen and oxygen atoms in total. The molecule has 0 bridgehead atoms. The van der Waals surface area contributed by atoms with E-state index in [1.807, 2.05) is 12.1 Å². The summed E-state index contributed by atoms with van der Waals surface area (Å²) < 4.78 is 26.9. The molecule has 0 aliphatic carbocycles. The second-order valence-electron chi connectivity index (χ2n) is 3.39. The Morgan fingerprint density at radius 3 is 2.33 bits per heavy atom. The highest BCUT2D eigenvalue weighted by atomic mass is 79.9. The Hall–Kier alpha value is -0.680. The summed E-state index contributed by atoms with van der Waals surface area (Å²) in [5, 5.41) is 0. The lowest BCUT2D eigenvalue weighted by Crippen LogP contribution is -2.40. The molecule has 0 radical (unpaired) electrons. The molecule has 0 fully saturated rings. The maximum absolute atomic E-state index is 13.0. The number of halogens is 3. The number of hydrogen-bond acceptors (Lipinski definition) is 2. The molecular formula is C10H13BrF2N2. The van der Waals surface area contributed by atoms with Crippen LogP contribution in [0.15, 0.2) is 28.7 Å². The molecule has 0 spiro atoms. The summed E-state index contributed by atoms with van der Waals surface area (Å²) in [7, 11) is 1.62. The van der Waals surface area contributed by atoms with Gasteiger partial charge in [-0.15, -0.1) is 0 Å². The van der Waals surface area contributed by atoms with Gasteiger partial charge in [-0.05, 0) is 24.3 Å². The van der Waals surface area contributed by atoms with Crippen LogP contribution in [0.5, 0.6) is 0 Å². The largest absolute Gasteiger partial charge is 0.369 e. The number of rotatable bonds is 4. The molecule has 5 heteroatoms. The monoisotopic (exact) mass is 278 g/mol. The summed E-state index contributed by atoms with van der Waals surface area (Å²) >= 11 is 3.28. The average Bonchev–Trinajstić information content (AvgIpc) is 2.18. The fourth-order valence-corrected chi connectivity index (χ4v) is 1.46. The highest BCUT2D eigenvalue weighted by molar-refractivity contribution is 9.10. The van der Waals surface area contributed by atoms with Crippen LogP contribution >= 0.6 is 15.9 Å². The van der Waals surface area contributed by atoms with Gasteiger partial charge >= 0.3 is 0 Å². The van der Waals surface area contributed by atoms with Crippen LogP contribution in [0.2, 0.25) is 0 Å². The smallest absolute Gasteiger partial charge is 0.277 e. The minimum absolute atomic E-state index is 0.370. The van der Waals surface area contributed by atoms with Crippen molar-refractivity contribution in [3.05, 3.63) is 28.7 Å². The van der Waals surface area contributed by atoms with Crippen LogP contribution in [-0.2, 0) is 0 Å². The second-order valence-corrected chi connectivity index (χ2v) is 4.31. The van der Waals surface area contributed by atoms with E-state index in [1.54, 1.807) is 19.2 Å². The van der Waals surface area contributed by atoms with Gasteiger partial charge in [0.25, 0.3) is 5.92 Å². The van der Waals surface area contributed by atoms with Gasteiger partial charge in [0.2, 0.25) is 0 Å². The molecule has 0 aliphatic heterocycles. The molecule has 84 valence electrons. The SMILES string of the molecule is CN(CC(F)(F)CN)c1ccc(Br)cc1. The van der Waals surface area contributed by atoms with Crippen LogP contribution in [-0.4, -0.2) is 26.1 Å². The summed E-state index contributed by atoms with van der Waals surface area (Å²) in [6, 6.07) is 7.17.